The van der Waals surface area contributed by atoms with E-state index in [-0.39, 0.29) is 11.8 Å². The van der Waals surface area contributed by atoms with Crippen molar-refractivity contribution in [3.63, 3.8) is 0 Å². The van der Waals surface area contributed by atoms with Gasteiger partial charge in [-0.25, -0.2) is 0 Å². The molecular weight excluding hydrogens is 324 g/mol. The fourth-order valence-corrected chi connectivity index (χ4v) is 5.34. The Morgan fingerprint density at radius 1 is 0.769 bits per heavy atom. The van der Waals surface area contributed by atoms with Gasteiger partial charge in [-0.1, -0.05) is 39.5 Å². The third-order valence-electron chi connectivity index (χ3n) is 6.51. The van der Waals surface area contributed by atoms with Crippen LogP contribution < -0.4 is 11.5 Å². The van der Waals surface area contributed by atoms with Crippen LogP contribution in [0.3, 0.4) is 0 Å². The Kier molecular flexibility index (Phi) is 5.69. The third-order valence-corrected chi connectivity index (χ3v) is 6.51. The van der Waals surface area contributed by atoms with E-state index >= 15 is 0 Å². The molecule has 2 saturated carbocycles. The number of primary amides is 2. The molecule has 3 rings (SSSR count). The number of carbonyl (C=O) groups excluding carboxylic acids is 2. The minimum Gasteiger partial charge on any atom is -0.366 e. The first-order valence-corrected chi connectivity index (χ1v) is 10.1. The number of amides is 2. The highest BCUT2D eigenvalue weighted by atomic mass is 16.1. The van der Waals surface area contributed by atoms with E-state index in [0.717, 1.165) is 49.7 Å². The number of rotatable bonds is 4. The highest BCUT2D eigenvalue weighted by Gasteiger charge is 2.33. The molecule has 0 saturated heterocycles. The van der Waals surface area contributed by atoms with Gasteiger partial charge in [0.25, 0.3) is 0 Å². The molecule has 2 aliphatic carbocycles. The summed E-state index contributed by atoms with van der Waals surface area (Å²) in [6.07, 6.45) is 9.00. The predicted octanol–water partition coefficient (Wildman–Crippen LogP) is 4.47. The van der Waals surface area contributed by atoms with E-state index in [0.29, 0.717) is 34.8 Å². The molecule has 4 atom stereocenters. The van der Waals surface area contributed by atoms with E-state index in [1.165, 1.54) is 12.8 Å². The molecule has 4 heteroatoms. The molecule has 4 unspecified atom stereocenters. The van der Waals surface area contributed by atoms with Crippen LogP contribution in [0.1, 0.15) is 109 Å². The maximum Gasteiger partial charge on any atom is 0.248 e. The molecule has 0 spiro atoms. The van der Waals surface area contributed by atoms with Gasteiger partial charge in [-0.2, -0.15) is 0 Å². The van der Waals surface area contributed by atoms with Gasteiger partial charge in [0.2, 0.25) is 11.8 Å². The minimum atomic E-state index is -0.389. The molecule has 1 aromatic carbocycles. The van der Waals surface area contributed by atoms with Crippen LogP contribution in [0.5, 0.6) is 0 Å². The first-order valence-electron chi connectivity index (χ1n) is 10.1. The van der Waals surface area contributed by atoms with E-state index in [1.807, 2.05) is 0 Å². The van der Waals surface area contributed by atoms with Gasteiger partial charge in [-0.05, 0) is 72.6 Å². The zero-order valence-corrected chi connectivity index (χ0v) is 16.1. The highest BCUT2D eigenvalue weighted by molar-refractivity contribution is 5.99. The maximum atomic E-state index is 12.2. The predicted molar refractivity (Wildman–Crippen MR) is 104 cm³/mol. The molecule has 26 heavy (non-hydrogen) atoms. The number of hydrogen-bond donors (Lipinski definition) is 2. The standard InChI is InChI=1S/C22H32N2O2/c1-13-5-3-7-15(11-13)19-17(21(23)25)9-10-18(22(24)26)20(19)16-8-4-6-14(2)12-16/h9-10,13-16H,3-8,11-12H2,1-2H3,(H2,23,25)(H2,24,26). The molecule has 2 aliphatic rings. The fraction of sp³-hybridized carbons (Fsp3) is 0.636. The van der Waals surface area contributed by atoms with Crippen LogP contribution in [-0.2, 0) is 0 Å². The van der Waals surface area contributed by atoms with Gasteiger partial charge in [0, 0.05) is 11.1 Å². The van der Waals surface area contributed by atoms with Crippen molar-refractivity contribution in [3.05, 3.63) is 34.4 Å². The van der Waals surface area contributed by atoms with Crippen molar-refractivity contribution < 1.29 is 9.59 Å². The van der Waals surface area contributed by atoms with Crippen molar-refractivity contribution in [2.45, 2.75) is 77.0 Å². The Hall–Kier alpha value is -1.84. The Morgan fingerprint density at radius 2 is 1.15 bits per heavy atom. The summed E-state index contributed by atoms with van der Waals surface area (Å²) in [5.41, 5.74) is 14.8. The average Bonchev–Trinajstić information content (AvgIpc) is 2.60. The van der Waals surface area contributed by atoms with Gasteiger partial charge in [-0.3, -0.25) is 9.59 Å². The number of nitrogens with two attached hydrogens (primary N) is 2. The Morgan fingerprint density at radius 3 is 1.46 bits per heavy atom. The summed E-state index contributed by atoms with van der Waals surface area (Å²) in [7, 11) is 0. The van der Waals surface area contributed by atoms with E-state index in [9.17, 15) is 9.59 Å². The molecule has 4 nitrogen and oxygen atoms in total. The SMILES string of the molecule is CC1CCCC(c2c(C(N)=O)ccc(C(N)=O)c2C2CCCC(C)C2)C1. The molecule has 2 amide bonds. The molecule has 0 aromatic heterocycles. The second-order valence-electron chi connectivity index (χ2n) is 8.65. The molecule has 0 heterocycles. The molecule has 0 bridgehead atoms. The lowest BCUT2D eigenvalue weighted by Crippen LogP contribution is -2.26. The Bertz CT molecular complexity index is 639. The monoisotopic (exact) mass is 356 g/mol. The zero-order chi connectivity index (χ0) is 18.8. The molecule has 142 valence electrons. The van der Waals surface area contributed by atoms with Gasteiger partial charge in [-0.15, -0.1) is 0 Å². The van der Waals surface area contributed by atoms with Crippen LogP contribution in [0.2, 0.25) is 0 Å². The summed E-state index contributed by atoms with van der Waals surface area (Å²) in [5.74, 6) is 1.08. The maximum absolute atomic E-state index is 12.2. The number of benzene rings is 1. The normalized spacial score (nSPS) is 29.3. The zero-order valence-electron chi connectivity index (χ0n) is 16.1. The molecule has 0 aliphatic heterocycles. The van der Waals surface area contributed by atoms with Gasteiger partial charge < -0.3 is 11.5 Å². The Balaban J connectivity index is 2.17. The van der Waals surface area contributed by atoms with Crippen molar-refractivity contribution in [1.29, 1.82) is 0 Å². The molecular formula is C22H32N2O2. The van der Waals surface area contributed by atoms with Crippen molar-refractivity contribution in [2.75, 3.05) is 0 Å². The van der Waals surface area contributed by atoms with Crippen LogP contribution in [0.25, 0.3) is 0 Å². The minimum absolute atomic E-state index is 0.299. The van der Waals surface area contributed by atoms with Gasteiger partial charge in [0.05, 0.1) is 0 Å². The van der Waals surface area contributed by atoms with Crippen molar-refractivity contribution >= 4 is 11.8 Å². The highest BCUT2D eigenvalue weighted by Crippen LogP contribution is 2.46. The number of carbonyl (C=O) groups is 2. The van der Waals surface area contributed by atoms with Crippen molar-refractivity contribution in [3.8, 4) is 0 Å². The van der Waals surface area contributed by atoms with Crippen molar-refractivity contribution in [1.82, 2.24) is 0 Å². The summed E-state index contributed by atoms with van der Waals surface area (Å²) in [6, 6.07) is 3.46. The lowest BCUT2D eigenvalue weighted by Gasteiger charge is -2.35. The first-order chi connectivity index (χ1) is 12.4. The summed E-state index contributed by atoms with van der Waals surface area (Å²) < 4.78 is 0. The van der Waals surface area contributed by atoms with Crippen LogP contribution >= 0.6 is 0 Å². The summed E-state index contributed by atoms with van der Waals surface area (Å²) in [4.78, 5) is 24.5. The van der Waals surface area contributed by atoms with Gasteiger partial charge >= 0.3 is 0 Å². The average molecular weight is 357 g/mol. The van der Waals surface area contributed by atoms with Crippen LogP contribution in [-0.4, -0.2) is 11.8 Å². The topological polar surface area (TPSA) is 86.2 Å². The van der Waals surface area contributed by atoms with E-state index in [4.69, 9.17) is 11.5 Å². The van der Waals surface area contributed by atoms with Gasteiger partial charge in [0.15, 0.2) is 0 Å². The lowest BCUT2D eigenvalue weighted by atomic mass is 9.69. The molecule has 2 fully saturated rings. The quantitative estimate of drug-likeness (QED) is 0.834. The summed E-state index contributed by atoms with van der Waals surface area (Å²) >= 11 is 0. The lowest BCUT2D eigenvalue weighted by molar-refractivity contribution is 0.0985. The van der Waals surface area contributed by atoms with E-state index < -0.39 is 0 Å². The molecule has 0 radical (unpaired) electrons. The van der Waals surface area contributed by atoms with Crippen LogP contribution in [0.4, 0.5) is 0 Å². The van der Waals surface area contributed by atoms with E-state index in [1.54, 1.807) is 12.1 Å². The van der Waals surface area contributed by atoms with Crippen molar-refractivity contribution in [2.24, 2.45) is 23.3 Å². The number of hydrogen-bond acceptors (Lipinski definition) is 2. The van der Waals surface area contributed by atoms with E-state index in [2.05, 4.69) is 13.8 Å². The molecule has 1 aromatic rings. The second-order valence-corrected chi connectivity index (χ2v) is 8.65. The third kappa shape index (κ3) is 3.79. The smallest absolute Gasteiger partial charge is 0.248 e. The van der Waals surface area contributed by atoms with Crippen LogP contribution in [0, 0.1) is 11.8 Å². The molecule has 4 N–H and O–H groups in total. The second kappa shape index (κ2) is 7.81. The van der Waals surface area contributed by atoms with Gasteiger partial charge in [0.1, 0.15) is 0 Å². The Labute approximate surface area is 156 Å². The first kappa shape index (κ1) is 18.9. The fourth-order valence-electron chi connectivity index (χ4n) is 5.34. The largest absolute Gasteiger partial charge is 0.366 e. The summed E-state index contributed by atoms with van der Waals surface area (Å²) in [5, 5.41) is 0. The van der Waals surface area contributed by atoms with Crippen LogP contribution in [0.15, 0.2) is 12.1 Å². The summed E-state index contributed by atoms with van der Waals surface area (Å²) in [6.45, 7) is 4.55.